The fourth-order valence-corrected chi connectivity index (χ4v) is 6.10. The summed E-state index contributed by atoms with van der Waals surface area (Å²) in [7, 11) is 1.26. The first-order chi connectivity index (χ1) is 21.4. The van der Waals surface area contributed by atoms with Crippen LogP contribution in [-0.2, 0) is 26.2 Å². The molecule has 0 aliphatic rings. The van der Waals surface area contributed by atoms with E-state index in [9.17, 15) is 18.0 Å². The minimum Gasteiger partial charge on any atom is -0.497 e. The smallest absolute Gasteiger partial charge is 0.265 e. The summed E-state index contributed by atoms with van der Waals surface area (Å²) in [5.41, 5.74) is 1.85. The van der Waals surface area contributed by atoms with E-state index in [0.717, 1.165) is 15.4 Å². The molecule has 2 atom stereocenters. The number of carbonyl (C=O) groups is 2. The summed E-state index contributed by atoms with van der Waals surface area (Å²) >= 11 is 0. The molecule has 12 heteroatoms. The van der Waals surface area contributed by atoms with Crippen molar-refractivity contribution in [3.63, 3.8) is 0 Å². The lowest BCUT2D eigenvalue weighted by Crippen LogP contribution is -2.52. The summed E-state index contributed by atoms with van der Waals surface area (Å²) in [6, 6.07) is 15.4. The molecule has 3 aromatic carbocycles. The SMILES string of the molecule is CC[C@@H](C)NC(=O)[C@@H](C)N(Cc1cccc(C)c1)C(=O)CN(c1cc(OC)ccc1OC)S(=O)(=O)c1ccc(OC)c(OC)c1. The number of hydrogen-bond donors (Lipinski definition) is 1. The highest BCUT2D eigenvalue weighted by molar-refractivity contribution is 7.92. The van der Waals surface area contributed by atoms with E-state index in [4.69, 9.17) is 18.9 Å². The van der Waals surface area contributed by atoms with E-state index >= 15 is 0 Å². The van der Waals surface area contributed by atoms with Crippen molar-refractivity contribution in [2.75, 3.05) is 39.3 Å². The third-order valence-corrected chi connectivity index (χ3v) is 9.24. The Labute approximate surface area is 266 Å². The van der Waals surface area contributed by atoms with Crippen molar-refractivity contribution in [3.8, 4) is 23.0 Å². The molecule has 3 aromatic rings. The van der Waals surface area contributed by atoms with Crippen molar-refractivity contribution < 1.29 is 37.0 Å². The van der Waals surface area contributed by atoms with E-state index in [-0.39, 0.29) is 40.6 Å². The maximum absolute atomic E-state index is 14.4. The predicted octanol–water partition coefficient (Wildman–Crippen LogP) is 4.56. The molecule has 0 fully saturated rings. The Balaban J connectivity index is 2.17. The van der Waals surface area contributed by atoms with Crippen LogP contribution < -0.4 is 28.6 Å². The van der Waals surface area contributed by atoms with Gasteiger partial charge in [-0.05, 0) is 57.0 Å². The van der Waals surface area contributed by atoms with E-state index in [1.165, 1.54) is 57.6 Å². The lowest BCUT2D eigenvalue weighted by molar-refractivity contribution is -0.139. The van der Waals surface area contributed by atoms with Gasteiger partial charge >= 0.3 is 0 Å². The number of rotatable bonds is 15. The minimum absolute atomic E-state index is 0.0761. The highest BCUT2D eigenvalue weighted by Gasteiger charge is 2.35. The molecule has 0 heterocycles. The van der Waals surface area contributed by atoms with E-state index < -0.39 is 28.5 Å². The van der Waals surface area contributed by atoms with Gasteiger partial charge in [0.1, 0.15) is 24.1 Å². The van der Waals surface area contributed by atoms with Crippen LogP contribution in [0.15, 0.2) is 65.6 Å². The summed E-state index contributed by atoms with van der Waals surface area (Å²) in [5.74, 6) is 0.127. The fourth-order valence-electron chi connectivity index (χ4n) is 4.66. The molecule has 0 saturated heterocycles. The summed E-state index contributed by atoms with van der Waals surface area (Å²) in [6.07, 6.45) is 0.706. The maximum Gasteiger partial charge on any atom is 0.265 e. The van der Waals surface area contributed by atoms with Crippen molar-refractivity contribution >= 4 is 27.5 Å². The molecule has 2 amide bonds. The van der Waals surface area contributed by atoms with Crippen molar-refractivity contribution in [1.29, 1.82) is 0 Å². The van der Waals surface area contributed by atoms with Gasteiger partial charge in [0.25, 0.3) is 10.0 Å². The summed E-state index contributed by atoms with van der Waals surface area (Å²) in [6.45, 7) is 6.82. The summed E-state index contributed by atoms with van der Waals surface area (Å²) in [4.78, 5) is 28.8. The summed E-state index contributed by atoms with van der Waals surface area (Å²) in [5, 5.41) is 2.93. The van der Waals surface area contributed by atoms with Gasteiger partial charge in [0.05, 0.1) is 39.0 Å². The number of aryl methyl sites for hydroxylation is 1. The Morgan fingerprint density at radius 2 is 1.51 bits per heavy atom. The number of benzene rings is 3. The van der Waals surface area contributed by atoms with E-state index in [2.05, 4.69) is 5.32 Å². The number of anilines is 1. The molecule has 11 nitrogen and oxygen atoms in total. The highest BCUT2D eigenvalue weighted by atomic mass is 32.2. The number of ether oxygens (including phenoxy) is 4. The third kappa shape index (κ3) is 8.39. The van der Waals surface area contributed by atoms with Crippen LogP contribution in [0.4, 0.5) is 5.69 Å². The zero-order valence-electron chi connectivity index (χ0n) is 27.1. The topological polar surface area (TPSA) is 124 Å². The maximum atomic E-state index is 14.4. The Morgan fingerprint density at radius 1 is 0.844 bits per heavy atom. The Morgan fingerprint density at radius 3 is 2.11 bits per heavy atom. The molecular weight excluding hydrogens is 598 g/mol. The molecule has 244 valence electrons. The summed E-state index contributed by atoms with van der Waals surface area (Å²) < 4.78 is 51.3. The van der Waals surface area contributed by atoms with Crippen LogP contribution >= 0.6 is 0 Å². The molecule has 0 radical (unpaired) electrons. The second kappa shape index (κ2) is 15.5. The van der Waals surface area contributed by atoms with Crippen LogP contribution in [-0.4, -0.2) is 72.2 Å². The van der Waals surface area contributed by atoms with Crippen LogP contribution in [0.5, 0.6) is 23.0 Å². The Kier molecular flexibility index (Phi) is 12.1. The molecular formula is C33H43N3O8S. The molecule has 0 aromatic heterocycles. The van der Waals surface area contributed by atoms with E-state index in [1.54, 1.807) is 19.1 Å². The van der Waals surface area contributed by atoms with Gasteiger partial charge in [0, 0.05) is 24.7 Å². The Hall–Kier alpha value is -4.45. The zero-order chi connectivity index (χ0) is 33.3. The van der Waals surface area contributed by atoms with E-state index in [0.29, 0.717) is 17.9 Å². The van der Waals surface area contributed by atoms with Gasteiger partial charge in [-0.1, -0.05) is 36.8 Å². The van der Waals surface area contributed by atoms with Crippen LogP contribution in [0.3, 0.4) is 0 Å². The van der Waals surface area contributed by atoms with E-state index in [1.807, 2.05) is 45.0 Å². The zero-order valence-corrected chi connectivity index (χ0v) is 27.9. The predicted molar refractivity (Wildman–Crippen MR) is 173 cm³/mol. The fraction of sp³-hybridized carbons (Fsp3) is 0.394. The molecule has 0 bridgehead atoms. The van der Waals surface area contributed by atoms with Crippen LogP contribution in [0, 0.1) is 6.92 Å². The number of hydrogen-bond acceptors (Lipinski definition) is 8. The van der Waals surface area contributed by atoms with Gasteiger partial charge in [0.15, 0.2) is 11.5 Å². The lowest BCUT2D eigenvalue weighted by atomic mass is 10.1. The number of carbonyl (C=O) groups excluding carboxylic acids is 2. The monoisotopic (exact) mass is 641 g/mol. The molecule has 45 heavy (non-hydrogen) atoms. The standard InChI is InChI=1S/C33H43N3O8S/c1-9-23(3)34-33(38)24(4)35(20-25-12-10-11-22(2)17-25)32(37)21-36(28-18-26(41-5)13-15-29(28)42-6)45(39,40)27-14-16-30(43-7)31(19-27)44-8/h10-19,23-24H,9,20-21H2,1-8H3,(H,34,38)/t23-,24-/m1/s1. The first-order valence-electron chi connectivity index (χ1n) is 14.5. The lowest BCUT2D eigenvalue weighted by Gasteiger charge is -2.33. The highest BCUT2D eigenvalue weighted by Crippen LogP contribution is 2.37. The van der Waals surface area contributed by atoms with Gasteiger partial charge < -0.3 is 29.2 Å². The normalized spacial score (nSPS) is 12.4. The average Bonchev–Trinajstić information content (AvgIpc) is 3.04. The number of nitrogens with zero attached hydrogens (tertiary/aromatic N) is 2. The number of sulfonamides is 1. The minimum atomic E-state index is -4.43. The van der Waals surface area contributed by atoms with Gasteiger partial charge in [-0.3, -0.25) is 13.9 Å². The van der Waals surface area contributed by atoms with Gasteiger partial charge in [-0.15, -0.1) is 0 Å². The Bertz CT molecular complexity index is 1590. The van der Waals surface area contributed by atoms with Crippen LogP contribution in [0.25, 0.3) is 0 Å². The third-order valence-electron chi connectivity index (χ3n) is 7.48. The van der Waals surface area contributed by atoms with Crippen molar-refractivity contribution in [3.05, 3.63) is 71.8 Å². The van der Waals surface area contributed by atoms with Crippen LogP contribution in [0.2, 0.25) is 0 Å². The van der Waals surface area contributed by atoms with Crippen molar-refractivity contribution in [2.45, 2.75) is 57.6 Å². The second-order valence-corrected chi connectivity index (χ2v) is 12.4. The molecule has 0 aliphatic heterocycles. The molecule has 0 spiro atoms. The van der Waals surface area contributed by atoms with Crippen LogP contribution in [0.1, 0.15) is 38.3 Å². The first kappa shape index (κ1) is 35.0. The van der Waals surface area contributed by atoms with Gasteiger partial charge in [0.2, 0.25) is 11.8 Å². The van der Waals surface area contributed by atoms with Gasteiger partial charge in [-0.2, -0.15) is 0 Å². The van der Waals surface area contributed by atoms with Gasteiger partial charge in [-0.25, -0.2) is 8.42 Å². The quantitative estimate of drug-likeness (QED) is 0.256. The molecule has 0 saturated carbocycles. The average molecular weight is 642 g/mol. The molecule has 3 rings (SSSR count). The van der Waals surface area contributed by atoms with Crippen molar-refractivity contribution in [2.24, 2.45) is 0 Å². The second-order valence-electron chi connectivity index (χ2n) is 10.6. The largest absolute Gasteiger partial charge is 0.497 e. The number of methoxy groups -OCH3 is 4. The molecule has 1 N–H and O–H groups in total. The number of nitrogens with one attached hydrogen (secondary N) is 1. The molecule has 0 unspecified atom stereocenters. The molecule has 0 aliphatic carbocycles. The van der Waals surface area contributed by atoms with Crippen molar-refractivity contribution in [1.82, 2.24) is 10.2 Å². The first-order valence-corrected chi connectivity index (χ1v) is 16.0. The number of amides is 2.